The van der Waals surface area contributed by atoms with Crippen molar-refractivity contribution in [2.24, 2.45) is 10.7 Å². The van der Waals surface area contributed by atoms with Crippen molar-refractivity contribution in [3.8, 4) is 17.1 Å². The molecule has 7 N–H and O–H groups in total. The summed E-state index contributed by atoms with van der Waals surface area (Å²) in [6, 6.07) is 5.66. The number of ether oxygens (including phenoxy) is 1. The number of carbonyl (C=O) groups excluding carboxylic acids is 1. The molecule has 1 atom stereocenters. The number of aromatic amines is 1. The molecule has 1 aliphatic rings. The number of carbonyl (C=O) groups is 1. The van der Waals surface area contributed by atoms with Gasteiger partial charge in [-0.25, -0.2) is 15.0 Å². The van der Waals surface area contributed by atoms with E-state index in [9.17, 15) is 9.18 Å². The van der Waals surface area contributed by atoms with E-state index >= 15 is 0 Å². The minimum Gasteiger partial charge on any atom is -0.471 e. The summed E-state index contributed by atoms with van der Waals surface area (Å²) in [5.74, 6) is -0.598. The van der Waals surface area contributed by atoms with E-state index in [0.717, 1.165) is 33.9 Å². The van der Waals surface area contributed by atoms with Crippen molar-refractivity contribution in [1.29, 1.82) is 0 Å². The molecule has 0 bridgehead atoms. The van der Waals surface area contributed by atoms with Gasteiger partial charge in [-0.3, -0.25) is 9.69 Å². The van der Waals surface area contributed by atoms with E-state index in [4.69, 9.17) is 16.2 Å². The van der Waals surface area contributed by atoms with Crippen LogP contribution >= 0.6 is 0 Å². The number of aromatic nitrogens is 5. The number of rotatable bonds is 9. The first-order valence-electron chi connectivity index (χ1n) is 13.3. The Morgan fingerprint density at radius 2 is 2.14 bits per heavy atom. The van der Waals surface area contributed by atoms with Crippen LogP contribution in [0.25, 0.3) is 22.2 Å². The molecule has 218 valence electrons. The molecule has 0 spiro atoms. The quantitative estimate of drug-likeness (QED) is 0.147. The van der Waals surface area contributed by atoms with Crippen molar-refractivity contribution >= 4 is 40.2 Å². The first-order chi connectivity index (χ1) is 20.2. The molecular formula is C28H32FN11O2. The number of hydrogen-bond acceptors (Lipinski definition) is 10. The summed E-state index contributed by atoms with van der Waals surface area (Å²) in [5.41, 5.74) is 16.2. The SMILES string of the molecule is CN/C(C)=C\C(N)=N/c1ncc(C)c(-c2c[nH]c3c(NC(=O)CN4CCC(Oc5nc(N)ncc5F)C4)cccc23)n1. The lowest BCUT2D eigenvalue weighted by molar-refractivity contribution is -0.117. The van der Waals surface area contributed by atoms with Gasteiger partial charge >= 0.3 is 0 Å². The number of nitrogens with zero attached hydrogens (tertiary/aromatic N) is 6. The molecule has 4 aromatic rings. The van der Waals surface area contributed by atoms with Gasteiger partial charge in [0.25, 0.3) is 11.8 Å². The third-order valence-electron chi connectivity index (χ3n) is 6.80. The van der Waals surface area contributed by atoms with Gasteiger partial charge < -0.3 is 31.8 Å². The number of para-hydroxylation sites is 1. The highest BCUT2D eigenvalue weighted by molar-refractivity contribution is 6.06. The predicted molar refractivity (Wildman–Crippen MR) is 159 cm³/mol. The van der Waals surface area contributed by atoms with Crippen molar-refractivity contribution in [1.82, 2.24) is 35.1 Å². The maximum absolute atomic E-state index is 13.9. The number of nitrogens with one attached hydrogen (secondary N) is 3. The van der Waals surface area contributed by atoms with Gasteiger partial charge in [-0.05, 0) is 38.0 Å². The zero-order chi connectivity index (χ0) is 29.8. The highest BCUT2D eigenvalue weighted by atomic mass is 19.1. The first kappa shape index (κ1) is 28.4. The van der Waals surface area contributed by atoms with E-state index in [-0.39, 0.29) is 42.2 Å². The summed E-state index contributed by atoms with van der Waals surface area (Å²) in [5, 5.41) is 6.87. The van der Waals surface area contributed by atoms with Crippen molar-refractivity contribution < 1.29 is 13.9 Å². The molecule has 42 heavy (non-hydrogen) atoms. The molecule has 1 aliphatic heterocycles. The minimum atomic E-state index is -0.680. The van der Waals surface area contributed by atoms with E-state index in [0.29, 0.717) is 30.9 Å². The average Bonchev–Trinajstić information content (AvgIpc) is 3.59. The minimum absolute atomic E-state index is 0.0662. The van der Waals surface area contributed by atoms with Gasteiger partial charge in [0.1, 0.15) is 11.9 Å². The number of amidine groups is 1. The number of anilines is 2. The molecule has 1 unspecified atom stereocenters. The van der Waals surface area contributed by atoms with E-state index in [1.54, 1.807) is 19.3 Å². The highest BCUT2D eigenvalue weighted by Gasteiger charge is 2.27. The van der Waals surface area contributed by atoms with Crippen LogP contribution in [0.5, 0.6) is 5.88 Å². The maximum Gasteiger partial charge on any atom is 0.255 e. The Labute approximate surface area is 241 Å². The van der Waals surface area contributed by atoms with Crippen LogP contribution in [0.4, 0.5) is 22.0 Å². The second-order valence-electron chi connectivity index (χ2n) is 9.94. The first-order valence-corrected chi connectivity index (χ1v) is 13.3. The largest absolute Gasteiger partial charge is 0.471 e. The van der Waals surface area contributed by atoms with Crippen molar-refractivity contribution in [2.75, 3.05) is 37.7 Å². The van der Waals surface area contributed by atoms with Gasteiger partial charge in [0.05, 0.1) is 29.6 Å². The number of aryl methyl sites for hydroxylation is 1. The number of nitrogens with two attached hydrogens (primary N) is 2. The molecule has 0 aliphatic carbocycles. The standard InChI is InChI=1S/C28H32FN11O2/c1-15-10-35-28(37-22(30)9-16(2)32-3)38-24(15)19-11-33-25-18(19)5-4-6-21(25)36-23(41)14-40-8-7-17(13-40)42-26-20(29)12-34-27(31)39-26/h4-6,9-12,17,32-33H,7-8,13-14H2,1-3H3,(H,36,41)(H2,31,34,39)(H2,30,35,37,38)/b16-9-. The molecule has 5 rings (SSSR count). The van der Waals surface area contributed by atoms with Gasteiger partial charge in [0.2, 0.25) is 17.7 Å². The molecular weight excluding hydrogens is 541 g/mol. The Kier molecular flexibility index (Phi) is 8.24. The van der Waals surface area contributed by atoms with Crippen LogP contribution in [-0.2, 0) is 4.79 Å². The number of likely N-dealkylation sites (tertiary alicyclic amines) is 1. The molecule has 14 heteroatoms. The third kappa shape index (κ3) is 6.44. The van der Waals surface area contributed by atoms with Gasteiger partial charge in [-0.15, -0.1) is 0 Å². The highest BCUT2D eigenvalue weighted by Crippen LogP contribution is 2.33. The Balaban J connectivity index is 1.28. The summed E-state index contributed by atoms with van der Waals surface area (Å²) < 4.78 is 19.6. The van der Waals surface area contributed by atoms with Crippen LogP contribution < -0.4 is 26.8 Å². The number of H-pyrrole nitrogens is 1. The molecule has 1 fully saturated rings. The molecule has 0 saturated carbocycles. The van der Waals surface area contributed by atoms with Crippen molar-refractivity contribution in [2.45, 2.75) is 26.4 Å². The maximum atomic E-state index is 13.9. The lowest BCUT2D eigenvalue weighted by atomic mass is 10.1. The summed E-state index contributed by atoms with van der Waals surface area (Å²) >= 11 is 0. The molecule has 1 amide bonds. The van der Waals surface area contributed by atoms with Crippen molar-refractivity contribution in [3.63, 3.8) is 0 Å². The molecule has 0 radical (unpaired) electrons. The fraction of sp³-hybridized carbons (Fsp3) is 0.286. The summed E-state index contributed by atoms with van der Waals surface area (Å²) in [6.07, 6.45) is 6.53. The number of hydrogen-bond donors (Lipinski definition) is 5. The lowest BCUT2D eigenvalue weighted by Crippen LogP contribution is -2.33. The van der Waals surface area contributed by atoms with Gasteiger partial charge in [-0.1, -0.05) is 12.1 Å². The van der Waals surface area contributed by atoms with Crippen molar-refractivity contribution in [3.05, 3.63) is 59.9 Å². The normalized spacial score (nSPS) is 16.1. The molecule has 1 saturated heterocycles. The Hall–Kier alpha value is -5.11. The number of halogens is 1. The number of aliphatic imine (C=N–C) groups is 1. The Morgan fingerprint density at radius 3 is 2.95 bits per heavy atom. The number of fused-ring (bicyclic) bond motifs is 1. The predicted octanol–water partition coefficient (Wildman–Crippen LogP) is 2.65. The van der Waals surface area contributed by atoms with Gasteiger partial charge in [0.15, 0.2) is 0 Å². The molecule has 1 aromatic carbocycles. The number of benzene rings is 1. The Bertz CT molecular complexity index is 1680. The Morgan fingerprint density at radius 1 is 1.31 bits per heavy atom. The third-order valence-corrected chi connectivity index (χ3v) is 6.80. The average molecular weight is 574 g/mol. The summed E-state index contributed by atoms with van der Waals surface area (Å²) in [4.78, 5) is 38.9. The number of nitrogen functional groups attached to an aromatic ring is 1. The van der Waals surface area contributed by atoms with Gasteiger partial charge in [-0.2, -0.15) is 14.4 Å². The number of allylic oxidation sites excluding steroid dienone is 1. The van der Waals surface area contributed by atoms with Crippen LogP contribution in [-0.4, -0.2) is 74.3 Å². The number of amides is 1. The van der Waals surface area contributed by atoms with E-state index in [2.05, 4.69) is 40.5 Å². The molecule has 3 aromatic heterocycles. The topological polar surface area (TPSA) is 185 Å². The second kappa shape index (κ2) is 12.2. The smallest absolute Gasteiger partial charge is 0.255 e. The van der Waals surface area contributed by atoms with E-state index < -0.39 is 5.82 Å². The fourth-order valence-corrected chi connectivity index (χ4v) is 4.69. The van der Waals surface area contributed by atoms with E-state index in [1.807, 2.05) is 43.1 Å². The van der Waals surface area contributed by atoms with Crippen LogP contribution in [0.1, 0.15) is 18.9 Å². The zero-order valence-electron chi connectivity index (χ0n) is 23.5. The van der Waals surface area contributed by atoms with Crippen LogP contribution in [0.2, 0.25) is 0 Å². The van der Waals surface area contributed by atoms with E-state index in [1.165, 1.54) is 0 Å². The molecule has 4 heterocycles. The molecule has 13 nitrogen and oxygen atoms in total. The second-order valence-corrected chi connectivity index (χ2v) is 9.94. The zero-order valence-corrected chi connectivity index (χ0v) is 23.5. The summed E-state index contributed by atoms with van der Waals surface area (Å²) in [6.45, 7) is 5.00. The monoisotopic (exact) mass is 573 g/mol. The summed E-state index contributed by atoms with van der Waals surface area (Å²) in [7, 11) is 1.80. The van der Waals surface area contributed by atoms with Crippen LogP contribution in [0.15, 0.2) is 53.6 Å². The lowest BCUT2D eigenvalue weighted by Gasteiger charge is -2.16. The van der Waals surface area contributed by atoms with Gasteiger partial charge in [0, 0.05) is 49.2 Å². The fourth-order valence-electron chi connectivity index (χ4n) is 4.69. The van der Waals surface area contributed by atoms with Crippen LogP contribution in [0, 0.1) is 12.7 Å². The van der Waals surface area contributed by atoms with Crippen LogP contribution in [0.3, 0.4) is 0 Å².